The predicted molar refractivity (Wildman–Crippen MR) is 87.9 cm³/mol. The van der Waals surface area contributed by atoms with Crippen LogP contribution < -0.4 is 4.74 Å². The Kier molecular flexibility index (Phi) is 4.53. The molecule has 1 aliphatic rings. The van der Waals surface area contributed by atoms with Crippen molar-refractivity contribution in [3.8, 4) is 11.8 Å². The van der Waals surface area contributed by atoms with Crippen LogP contribution in [0.15, 0.2) is 54.6 Å². The fraction of sp³-hybridized carbons (Fsp3) is 0.350. The van der Waals surface area contributed by atoms with Crippen LogP contribution in [0.1, 0.15) is 36.8 Å². The van der Waals surface area contributed by atoms with E-state index in [9.17, 15) is 14.0 Å². The molecule has 0 aromatic heterocycles. The summed E-state index contributed by atoms with van der Waals surface area (Å²) < 4.78 is 32.5. The molecular formula is C20H19F2NO. The molecule has 0 atom stereocenters. The van der Waals surface area contributed by atoms with Crippen LogP contribution in [0.3, 0.4) is 0 Å². The second-order valence-electron chi connectivity index (χ2n) is 6.35. The average Bonchev–Trinajstić information content (AvgIpc) is 2.62. The van der Waals surface area contributed by atoms with Crippen LogP contribution in [0, 0.1) is 11.3 Å². The van der Waals surface area contributed by atoms with Gasteiger partial charge >= 0.3 is 0 Å². The third-order valence-corrected chi connectivity index (χ3v) is 4.70. The van der Waals surface area contributed by atoms with E-state index >= 15 is 0 Å². The van der Waals surface area contributed by atoms with Gasteiger partial charge in [0.1, 0.15) is 12.4 Å². The first kappa shape index (κ1) is 16.4. The number of ether oxygens (including phenoxy) is 1. The monoisotopic (exact) mass is 327 g/mol. The minimum Gasteiger partial charge on any atom is -0.489 e. The summed E-state index contributed by atoms with van der Waals surface area (Å²) >= 11 is 0. The summed E-state index contributed by atoms with van der Waals surface area (Å²) in [5, 5.41) is 9.56. The number of alkyl halides is 2. The normalized spacial score (nSPS) is 18.5. The summed E-state index contributed by atoms with van der Waals surface area (Å²) in [7, 11) is 0. The minimum atomic E-state index is -2.64. The molecule has 124 valence electrons. The quantitative estimate of drug-likeness (QED) is 0.769. The molecule has 0 aliphatic heterocycles. The lowest BCUT2D eigenvalue weighted by Crippen LogP contribution is -2.35. The SMILES string of the molecule is N#CC1(c2ccc(OCc3ccccc3)cc2)CCC(F)(F)CC1. The third kappa shape index (κ3) is 3.56. The molecular weight excluding hydrogens is 308 g/mol. The summed E-state index contributed by atoms with van der Waals surface area (Å²) in [6, 6.07) is 19.4. The van der Waals surface area contributed by atoms with Crippen molar-refractivity contribution < 1.29 is 13.5 Å². The molecule has 0 unspecified atom stereocenters. The molecule has 0 bridgehead atoms. The van der Waals surface area contributed by atoms with Crippen LogP contribution in [-0.2, 0) is 12.0 Å². The lowest BCUT2D eigenvalue weighted by atomic mass is 9.69. The van der Waals surface area contributed by atoms with Crippen LogP contribution in [0.25, 0.3) is 0 Å². The van der Waals surface area contributed by atoms with Crippen molar-refractivity contribution in [1.82, 2.24) is 0 Å². The van der Waals surface area contributed by atoms with Gasteiger partial charge in [-0.15, -0.1) is 0 Å². The Morgan fingerprint density at radius 3 is 2.12 bits per heavy atom. The van der Waals surface area contributed by atoms with Gasteiger partial charge < -0.3 is 4.74 Å². The lowest BCUT2D eigenvalue weighted by Gasteiger charge is -2.35. The Balaban J connectivity index is 1.68. The standard InChI is InChI=1S/C20H19F2NO/c21-20(22)12-10-19(15-23,11-13-20)17-6-8-18(9-7-17)24-14-16-4-2-1-3-5-16/h1-9H,10-14H2. The van der Waals surface area contributed by atoms with E-state index in [1.807, 2.05) is 54.6 Å². The van der Waals surface area contributed by atoms with Crippen molar-refractivity contribution in [3.05, 3.63) is 65.7 Å². The number of benzene rings is 2. The Bertz CT molecular complexity index is 710. The summed E-state index contributed by atoms with van der Waals surface area (Å²) in [4.78, 5) is 0. The third-order valence-electron chi connectivity index (χ3n) is 4.70. The number of halogens is 2. The van der Waals surface area contributed by atoms with Crippen molar-refractivity contribution in [2.24, 2.45) is 0 Å². The second kappa shape index (κ2) is 6.60. The second-order valence-corrected chi connectivity index (χ2v) is 6.35. The fourth-order valence-electron chi connectivity index (χ4n) is 3.12. The van der Waals surface area contributed by atoms with Crippen LogP contribution in [0.4, 0.5) is 8.78 Å². The zero-order valence-corrected chi connectivity index (χ0v) is 13.3. The molecule has 0 saturated heterocycles. The van der Waals surface area contributed by atoms with Gasteiger partial charge in [0.05, 0.1) is 11.5 Å². The zero-order chi connectivity index (χ0) is 17.0. The van der Waals surface area contributed by atoms with Gasteiger partial charge in [-0.2, -0.15) is 5.26 Å². The maximum absolute atomic E-state index is 13.4. The van der Waals surface area contributed by atoms with E-state index in [1.54, 1.807) is 0 Å². The van der Waals surface area contributed by atoms with E-state index in [-0.39, 0.29) is 25.7 Å². The number of hydrogen-bond donors (Lipinski definition) is 0. The largest absolute Gasteiger partial charge is 0.489 e. The highest BCUT2D eigenvalue weighted by atomic mass is 19.3. The molecule has 0 heterocycles. The highest BCUT2D eigenvalue weighted by Gasteiger charge is 2.44. The van der Waals surface area contributed by atoms with Gasteiger partial charge in [-0.3, -0.25) is 0 Å². The van der Waals surface area contributed by atoms with Gasteiger partial charge in [0, 0.05) is 12.8 Å². The topological polar surface area (TPSA) is 33.0 Å². The Morgan fingerprint density at radius 1 is 0.917 bits per heavy atom. The Morgan fingerprint density at radius 2 is 1.54 bits per heavy atom. The highest BCUT2D eigenvalue weighted by Crippen LogP contribution is 2.45. The molecule has 2 aromatic rings. The van der Waals surface area contributed by atoms with Gasteiger partial charge in [0.15, 0.2) is 0 Å². The van der Waals surface area contributed by atoms with Crippen molar-refractivity contribution in [1.29, 1.82) is 5.26 Å². The van der Waals surface area contributed by atoms with Crippen LogP contribution in [-0.4, -0.2) is 5.92 Å². The zero-order valence-electron chi connectivity index (χ0n) is 13.3. The molecule has 1 fully saturated rings. The number of nitriles is 1. The first-order valence-corrected chi connectivity index (χ1v) is 8.09. The van der Waals surface area contributed by atoms with E-state index in [0.29, 0.717) is 12.4 Å². The number of nitrogens with zero attached hydrogens (tertiary/aromatic N) is 1. The summed E-state index contributed by atoms with van der Waals surface area (Å²) in [5.41, 5.74) is 1.07. The molecule has 1 saturated carbocycles. The Labute approximate surface area is 140 Å². The van der Waals surface area contributed by atoms with Crippen molar-refractivity contribution in [2.75, 3.05) is 0 Å². The van der Waals surface area contributed by atoms with E-state index in [4.69, 9.17) is 4.74 Å². The van der Waals surface area contributed by atoms with Crippen LogP contribution >= 0.6 is 0 Å². The molecule has 0 radical (unpaired) electrons. The summed E-state index contributed by atoms with van der Waals surface area (Å²) in [6.45, 7) is 0.468. The van der Waals surface area contributed by atoms with E-state index < -0.39 is 11.3 Å². The lowest BCUT2D eigenvalue weighted by molar-refractivity contribution is -0.0453. The van der Waals surface area contributed by atoms with Gasteiger partial charge in [0.25, 0.3) is 0 Å². The highest BCUT2D eigenvalue weighted by molar-refractivity contribution is 5.37. The van der Waals surface area contributed by atoms with Crippen molar-refractivity contribution in [2.45, 2.75) is 43.6 Å². The molecule has 3 rings (SSSR count). The van der Waals surface area contributed by atoms with E-state index in [1.165, 1.54) is 0 Å². The summed E-state index contributed by atoms with van der Waals surface area (Å²) in [6.07, 6.45) is -0.0684. The molecule has 1 aliphatic carbocycles. The molecule has 0 amide bonds. The fourth-order valence-corrected chi connectivity index (χ4v) is 3.12. The molecule has 0 spiro atoms. The number of hydrogen-bond acceptors (Lipinski definition) is 2. The van der Waals surface area contributed by atoms with E-state index in [0.717, 1.165) is 11.1 Å². The first-order valence-electron chi connectivity index (χ1n) is 8.09. The van der Waals surface area contributed by atoms with Crippen molar-refractivity contribution in [3.63, 3.8) is 0 Å². The average molecular weight is 327 g/mol. The van der Waals surface area contributed by atoms with Crippen molar-refractivity contribution >= 4 is 0 Å². The van der Waals surface area contributed by atoms with Gasteiger partial charge in [-0.25, -0.2) is 8.78 Å². The molecule has 0 N–H and O–H groups in total. The number of rotatable bonds is 4. The maximum Gasteiger partial charge on any atom is 0.248 e. The summed E-state index contributed by atoms with van der Waals surface area (Å²) in [5.74, 6) is -1.93. The molecule has 2 nitrogen and oxygen atoms in total. The first-order chi connectivity index (χ1) is 11.5. The molecule has 24 heavy (non-hydrogen) atoms. The molecule has 4 heteroatoms. The smallest absolute Gasteiger partial charge is 0.248 e. The van der Waals surface area contributed by atoms with Crippen LogP contribution in [0.2, 0.25) is 0 Å². The van der Waals surface area contributed by atoms with Gasteiger partial charge in [-0.05, 0) is 36.1 Å². The van der Waals surface area contributed by atoms with Gasteiger partial charge in [-0.1, -0.05) is 42.5 Å². The van der Waals surface area contributed by atoms with Crippen LogP contribution in [0.5, 0.6) is 5.75 Å². The van der Waals surface area contributed by atoms with Gasteiger partial charge in [0.2, 0.25) is 5.92 Å². The Hall–Kier alpha value is -2.41. The van der Waals surface area contributed by atoms with E-state index in [2.05, 4.69) is 6.07 Å². The predicted octanol–water partition coefficient (Wildman–Crippen LogP) is 5.24. The minimum absolute atomic E-state index is 0.195. The molecule has 2 aromatic carbocycles. The maximum atomic E-state index is 13.4.